The van der Waals surface area contributed by atoms with Crippen molar-refractivity contribution in [3.8, 4) is 0 Å². The van der Waals surface area contributed by atoms with Crippen LogP contribution < -0.4 is 5.56 Å². The van der Waals surface area contributed by atoms with E-state index in [9.17, 15) is 4.79 Å². The Bertz CT molecular complexity index is 781. The summed E-state index contributed by atoms with van der Waals surface area (Å²) in [7, 11) is 1.89. The highest BCUT2D eigenvalue weighted by molar-refractivity contribution is 5.10. The Morgan fingerprint density at radius 1 is 1.04 bits per heavy atom. The van der Waals surface area contributed by atoms with Gasteiger partial charge in [-0.05, 0) is 6.07 Å². The van der Waals surface area contributed by atoms with Crippen molar-refractivity contribution >= 4 is 0 Å². The number of hydrogen-bond donors (Lipinski definition) is 0. The molecule has 0 atom stereocenters. The van der Waals surface area contributed by atoms with Gasteiger partial charge in [-0.3, -0.25) is 19.3 Å². The van der Waals surface area contributed by atoms with Crippen LogP contribution in [0.2, 0.25) is 0 Å². The summed E-state index contributed by atoms with van der Waals surface area (Å²) in [5, 5.41) is 12.7. The van der Waals surface area contributed by atoms with E-state index in [0.29, 0.717) is 6.54 Å². The second-order valence-electron chi connectivity index (χ2n) is 8.03. The summed E-state index contributed by atoms with van der Waals surface area (Å²) >= 11 is 0. The maximum atomic E-state index is 12.1. The molecule has 0 radical (unpaired) electrons. The molecule has 8 heteroatoms. The Hall–Kier alpha value is -2.06. The normalized spacial score (nSPS) is 16.9. The number of nitrogens with zero attached hydrogens (tertiary/aromatic N) is 7. The number of rotatable bonds is 5. The molecule has 1 fully saturated rings. The van der Waals surface area contributed by atoms with Gasteiger partial charge in [-0.1, -0.05) is 26.0 Å². The van der Waals surface area contributed by atoms with Crippen molar-refractivity contribution in [1.82, 2.24) is 34.6 Å². The molecule has 0 aliphatic carbocycles. The molecule has 0 amide bonds. The highest BCUT2D eigenvalue weighted by Crippen LogP contribution is 2.18. The lowest BCUT2D eigenvalue weighted by Gasteiger charge is -2.34. The maximum Gasteiger partial charge on any atom is 0.266 e. The van der Waals surface area contributed by atoms with Crippen LogP contribution in [0.1, 0.15) is 32.2 Å². The van der Waals surface area contributed by atoms with Gasteiger partial charge in [0.1, 0.15) is 0 Å². The first-order chi connectivity index (χ1) is 12.3. The summed E-state index contributed by atoms with van der Waals surface area (Å²) in [6, 6.07) is 3.47. The van der Waals surface area contributed by atoms with Gasteiger partial charge >= 0.3 is 0 Å². The standard InChI is InChI=1S/C18H29N7O/c1-18(2,3)16-5-6-17(26)25(20-16)12-11-23-7-9-24(10-8-23)14-15-13-22(4)21-19-15/h5-6,13H,7-12,14H2,1-4H3. The summed E-state index contributed by atoms with van der Waals surface area (Å²) in [5.74, 6) is 0. The Balaban J connectivity index is 1.50. The highest BCUT2D eigenvalue weighted by Gasteiger charge is 2.19. The molecule has 8 nitrogen and oxygen atoms in total. The number of hydrogen-bond acceptors (Lipinski definition) is 6. The largest absolute Gasteiger partial charge is 0.299 e. The first-order valence-electron chi connectivity index (χ1n) is 9.20. The van der Waals surface area contributed by atoms with E-state index in [-0.39, 0.29) is 11.0 Å². The molecule has 0 unspecified atom stereocenters. The summed E-state index contributed by atoms with van der Waals surface area (Å²) in [6.45, 7) is 12.6. The lowest BCUT2D eigenvalue weighted by atomic mass is 9.92. The van der Waals surface area contributed by atoms with Gasteiger partial charge in [0, 0.05) is 64.0 Å². The van der Waals surface area contributed by atoms with Crippen molar-refractivity contribution in [2.75, 3.05) is 32.7 Å². The van der Waals surface area contributed by atoms with E-state index in [1.807, 2.05) is 19.3 Å². The van der Waals surface area contributed by atoms with Gasteiger partial charge in [-0.25, -0.2) is 4.68 Å². The van der Waals surface area contributed by atoms with Gasteiger partial charge in [0.2, 0.25) is 0 Å². The number of piperazine rings is 1. The summed E-state index contributed by atoms with van der Waals surface area (Å²) < 4.78 is 3.34. The molecule has 1 aliphatic rings. The molecule has 26 heavy (non-hydrogen) atoms. The molecule has 0 spiro atoms. The quantitative estimate of drug-likeness (QED) is 0.774. The monoisotopic (exact) mass is 359 g/mol. The van der Waals surface area contributed by atoms with E-state index >= 15 is 0 Å². The van der Waals surface area contributed by atoms with Gasteiger partial charge < -0.3 is 0 Å². The van der Waals surface area contributed by atoms with Gasteiger partial charge in [0.15, 0.2) is 0 Å². The van der Waals surface area contributed by atoms with Crippen LogP contribution >= 0.6 is 0 Å². The molecule has 2 aromatic heterocycles. The van der Waals surface area contributed by atoms with E-state index in [4.69, 9.17) is 0 Å². The molecule has 3 rings (SSSR count). The van der Waals surface area contributed by atoms with Crippen molar-refractivity contribution in [1.29, 1.82) is 0 Å². The van der Waals surface area contributed by atoms with Gasteiger partial charge in [0.05, 0.1) is 17.9 Å². The number of aryl methyl sites for hydroxylation is 1. The molecule has 142 valence electrons. The zero-order valence-corrected chi connectivity index (χ0v) is 16.2. The molecule has 0 aromatic carbocycles. The number of aromatic nitrogens is 5. The van der Waals surface area contributed by atoms with Crippen molar-refractivity contribution in [2.24, 2.45) is 7.05 Å². The average molecular weight is 359 g/mol. The third-order valence-corrected chi connectivity index (χ3v) is 4.76. The van der Waals surface area contributed by atoms with Gasteiger partial charge in [-0.2, -0.15) is 5.10 Å². The van der Waals surface area contributed by atoms with E-state index in [0.717, 1.165) is 50.7 Å². The molecule has 0 bridgehead atoms. The zero-order valence-electron chi connectivity index (χ0n) is 16.2. The summed E-state index contributed by atoms with van der Waals surface area (Å²) in [6.07, 6.45) is 1.96. The van der Waals surface area contributed by atoms with Crippen LogP contribution in [0.25, 0.3) is 0 Å². The minimum Gasteiger partial charge on any atom is -0.299 e. The fraction of sp³-hybridized carbons (Fsp3) is 0.667. The van der Waals surface area contributed by atoms with Crippen LogP contribution in [0.4, 0.5) is 0 Å². The van der Waals surface area contributed by atoms with Crippen LogP contribution in [0, 0.1) is 0 Å². The Morgan fingerprint density at radius 3 is 2.35 bits per heavy atom. The van der Waals surface area contributed by atoms with Crippen molar-refractivity contribution < 1.29 is 0 Å². The fourth-order valence-corrected chi connectivity index (χ4v) is 3.11. The summed E-state index contributed by atoms with van der Waals surface area (Å²) in [4.78, 5) is 16.9. The minimum absolute atomic E-state index is 0.0284. The lowest BCUT2D eigenvalue weighted by Crippen LogP contribution is -2.47. The average Bonchev–Trinajstić information content (AvgIpc) is 2.99. The second-order valence-corrected chi connectivity index (χ2v) is 8.03. The van der Waals surface area contributed by atoms with Crippen LogP contribution in [-0.4, -0.2) is 67.3 Å². The van der Waals surface area contributed by atoms with Crippen LogP contribution in [0.3, 0.4) is 0 Å². The van der Waals surface area contributed by atoms with Crippen molar-refractivity contribution in [3.05, 3.63) is 40.1 Å². The molecular formula is C18H29N7O. The first-order valence-corrected chi connectivity index (χ1v) is 9.20. The van der Waals surface area contributed by atoms with E-state index in [1.54, 1.807) is 15.4 Å². The topological polar surface area (TPSA) is 72.1 Å². The smallest absolute Gasteiger partial charge is 0.266 e. The fourth-order valence-electron chi connectivity index (χ4n) is 3.11. The van der Waals surface area contributed by atoms with E-state index in [2.05, 4.69) is 46.0 Å². The predicted octanol–water partition coefficient (Wildman–Crippen LogP) is 0.487. The molecule has 3 heterocycles. The minimum atomic E-state index is -0.0542. The van der Waals surface area contributed by atoms with Crippen LogP contribution in [-0.2, 0) is 25.6 Å². The molecule has 0 N–H and O–H groups in total. The zero-order chi connectivity index (χ0) is 18.7. The van der Waals surface area contributed by atoms with Gasteiger partial charge in [0.25, 0.3) is 5.56 Å². The predicted molar refractivity (Wildman–Crippen MR) is 99.9 cm³/mol. The van der Waals surface area contributed by atoms with Crippen molar-refractivity contribution in [2.45, 2.75) is 39.3 Å². The van der Waals surface area contributed by atoms with E-state index in [1.165, 1.54) is 0 Å². The lowest BCUT2D eigenvalue weighted by molar-refractivity contribution is 0.121. The van der Waals surface area contributed by atoms with Gasteiger partial charge in [-0.15, -0.1) is 5.10 Å². The Labute approximate surface area is 154 Å². The third kappa shape index (κ3) is 4.76. The molecule has 0 saturated carbocycles. The Morgan fingerprint density at radius 2 is 1.73 bits per heavy atom. The van der Waals surface area contributed by atoms with Crippen LogP contribution in [0.5, 0.6) is 0 Å². The van der Waals surface area contributed by atoms with E-state index < -0.39 is 0 Å². The SMILES string of the molecule is Cn1cc(CN2CCN(CCn3nc(C(C)(C)C)ccc3=O)CC2)nn1. The maximum absolute atomic E-state index is 12.1. The first kappa shape index (κ1) is 18.7. The summed E-state index contributed by atoms with van der Waals surface area (Å²) in [5.41, 5.74) is 1.88. The van der Waals surface area contributed by atoms with Crippen molar-refractivity contribution in [3.63, 3.8) is 0 Å². The molecule has 1 aliphatic heterocycles. The molecular weight excluding hydrogens is 330 g/mol. The molecule has 2 aromatic rings. The second kappa shape index (κ2) is 7.67. The highest BCUT2D eigenvalue weighted by atomic mass is 16.1. The Kier molecular flexibility index (Phi) is 5.52. The third-order valence-electron chi connectivity index (χ3n) is 4.76. The van der Waals surface area contributed by atoms with Crippen LogP contribution in [0.15, 0.2) is 23.1 Å². The molecule has 1 saturated heterocycles.